The molecule has 1 N–H and O–H groups in total. The van der Waals surface area contributed by atoms with Crippen LogP contribution in [0.3, 0.4) is 0 Å². The van der Waals surface area contributed by atoms with Gasteiger partial charge in [-0.25, -0.2) is 0 Å². The average molecular weight is 244 g/mol. The van der Waals surface area contributed by atoms with Crippen molar-refractivity contribution in [1.82, 2.24) is 10.5 Å². The van der Waals surface area contributed by atoms with Crippen LogP contribution in [-0.2, 0) is 11.4 Å². The topological polar surface area (TPSA) is 34.1 Å². The largest absolute Gasteiger partial charge is 0.296 e. The van der Waals surface area contributed by atoms with E-state index in [-0.39, 0.29) is 5.60 Å². The molecule has 96 valence electrons. The third-order valence-corrected chi connectivity index (χ3v) is 2.55. The molecule has 3 nitrogen and oxygen atoms in total. The third kappa shape index (κ3) is 3.52. The molecule has 0 saturated carbocycles. The minimum atomic E-state index is -0.171. The molecule has 2 aromatic rings. The molecule has 0 fully saturated rings. The van der Waals surface area contributed by atoms with Gasteiger partial charge in [-0.2, -0.15) is 5.48 Å². The van der Waals surface area contributed by atoms with E-state index in [2.05, 4.69) is 34.7 Å². The standard InChI is InChI=1S/C15H20N2O/c1-11-5-7-13-9-12(6-8-14(13)17-11)10-16-18-15(2,3)4/h5-9,16H,10H2,1-4H3. The molecule has 0 aliphatic carbocycles. The lowest BCUT2D eigenvalue weighted by atomic mass is 10.1. The van der Waals surface area contributed by atoms with Crippen molar-refractivity contribution in [2.45, 2.75) is 39.8 Å². The van der Waals surface area contributed by atoms with Crippen LogP contribution >= 0.6 is 0 Å². The zero-order valence-corrected chi connectivity index (χ0v) is 11.4. The molecule has 3 heteroatoms. The highest BCUT2D eigenvalue weighted by molar-refractivity contribution is 5.79. The van der Waals surface area contributed by atoms with Crippen LogP contribution in [0.4, 0.5) is 0 Å². The van der Waals surface area contributed by atoms with Crippen molar-refractivity contribution in [3.05, 3.63) is 41.6 Å². The predicted octanol–water partition coefficient (Wildman–Crippen LogP) is 3.36. The van der Waals surface area contributed by atoms with E-state index in [4.69, 9.17) is 4.84 Å². The minimum Gasteiger partial charge on any atom is -0.296 e. The first kappa shape index (κ1) is 13.0. The van der Waals surface area contributed by atoms with Gasteiger partial charge in [0.05, 0.1) is 11.1 Å². The van der Waals surface area contributed by atoms with Crippen molar-refractivity contribution in [1.29, 1.82) is 0 Å². The molecular weight excluding hydrogens is 224 g/mol. The van der Waals surface area contributed by atoms with Crippen LogP contribution in [0.1, 0.15) is 32.0 Å². The summed E-state index contributed by atoms with van der Waals surface area (Å²) in [6.45, 7) is 8.76. The number of nitrogens with zero attached hydrogens (tertiary/aromatic N) is 1. The molecule has 2 rings (SSSR count). The Labute approximate surface area is 108 Å². The Balaban J connectivity index is 2.08. The molecule has 0 unspecified atom stereocenters. The first-order valence-electron chi connectivity index (χ1n) is 6.21. The summed E-state index contributed by atoms with van der Waals surface area (Å²) in [5.74, 6) is 0. The number of benzene rings is 1. The first-order valence-corrected chi connectivity index (χ1v) is 6.21. The van der Waals surface area contributed by atoms with Gasteiger partial charge in [0.25, 0.3) is 0 Å². The summed E-state index contributed by atoms with van der Waals surface area (Å²) in [6, 6.07) is 10.4. The van der Waals surface area contributed by atoms with Crippen molar-refractivity contribution in [3.63, 3.8) is 0 Å². The molecule has 0 spiro atoms. The van der Waals surface area contributed by atoms with E-state index in [0.29, 0.717) is 6.54 Å². The Morgan fingerprint density at radius 2 is 1.94 bits per heavy atom. The normalized spacial score (nSPS) is 12.0. The first-order chi connectivity index (χ1) is 8.44. The Kier molecular flexibility index (Phi) is 3.64. The lowest BCUT2D eigenvalue weighted by molar-refractivity contribution is -0.0757. The van der Waals surface area contributed by atoms with E-state index >= 15 is 0 Å². The SMILES string of the molecule is Cc1ccc2cc(CNOC(C)(C)C)ccc2n1. The van der Waals surface area contributed by atoms with Gasteiger partial charge in [0.1, 0.15) is 0 Å². The molecule has 18 heavy (non-hydrogen) atoms. The monoisotopic (exact) mass is 244 g/mol. The highest BCUT2D eigenvalue weighted by Crippen LogP contribution is 2.15. The number of rotatable bonds is 3. The van der Waals surface area contributed by atoms with Gasteiger partial charge in [-0.3, -0.25) is 9.82 Å². The second-order valence-electron chi connectivity index (χ2n) is 5.52. The molecule has 0 bridgehead atoms. The van der Waals surface area contributed by atoms with Gasteiger partial charge in [0, 0.05) is 17.6 Å². The van der Waals surface area contributed by atoms with Crippen LogP contribution in [0.2, 0.25) is 0 Å². The second kappa shape index (κ2) is 5.04. The highest BCUT2D eigenvalue weighted by Gasteiger charge is 2.09. The second-order valence-corrected chi connectivity index (χ2v) is 5.52. The van der Waals surface area contributed by atoms with Gasteiger partial charge in [0.2, 0.25) is 0 Å². The molecule has 0 aliphatic rings. The van der Waals surface area contributed by atoms with Crippen molar-refractivity contribution >= 4 is 10.9 Å². The zero-order chi connectivity index (χ0) is 13.2. The van der Waals surface area contributed by atoms with E-state index in [1.807, 2.05) is 33.8 Å². The lowest BCUT2D eigenvalue weighted by Crippen LogP contribution is -2.28. The third-order valence-electron chi connectivity index (χ3n) is 2.55. The summed E-state index contributed by atoms with van der Waals surface area (Å²) in [4.78, 5) is 9.98. The van der Waals surface area contributed by atoms with Gasteiger partial charge in [-0.1, -0.05) is 12.1 Å². The molecule has 1 aromatic carbocycles. The molecule has 0 radical (unpaired) electrons. The fourth-order valence-electron chi connectivity index (χ4n) is 1.72. The summed E-state index contributed by atoms with van der Waals surface area (Å²) in [7, 11) is 0. The number of hydrogen-bond donors (Lipinski definition) is 1. The molecule has 0 aliphatic heterocycles. The Morgan fingerprint density at radius 1 is 1.17 bits per heavy atom. The quantitative estimate of drug-likeness (QED) is 0.841. The molecule has 0 atom stereocenters. The maximum Gasteiger partial charge on any atom is 0.0813 e. The number of aromatic nitrogens is 1. The highest BCUT2D eigenvalue weighted by atomic mass is 16.7. The van der Waals surface area contributed by atoms with Crippen LogP contribution in [0.25, 0.3) is 10.9 Å². The Bertz CT molecular complexity index is 544. The summed E-state index contributed by atoms with van der Waals surface area (Å²) >= 11 is 0. The van der Waals surface area contributed by atoms with E-state index < -0.39 is 0 Å². The summed E-state index contributed by atoms with van der Waals surface area (Å²) in [5, 5.41) is 1.16. The van der Waals surface area contributed by atoms with E-state index in [9.17, 15) is 0 Å². The molecule has 0 amide bonds. The van der Waals surface area contributed by atoms with Crippen LogP contribution in [0.15, 0.2) is 30.3 Å². The van der Waals surface area contributed by atoms with Gasteiger partial charge in [-0.15, -0.1) is 0 Å². The summed E-state index contributed by atoms with van der Waals surface area (Å²) in [5.41, 5.74) is 6.10. The van der Waals surface area contributed by atoms with Crippen molar-refractivity contribution in [3.8, 4) is 0 Å². The van der Waals surface area contributed by atoms with Gasteiger partial charge < -0.3 is 0 Å². The molecule has 1 heterocycles. The number of nitrogens with one attached hydrogen (secondary N) is 1. The van der Waals surface area contributed by atoms with E-state index in [0.717, 1.165) is 16.6 Å². The van der Waals surface area contributed by atoms with Gasteiger partial charge in [0.15, 0.2) is 0 Å². The van der Waals surface area contributed by atoms with Gasteiger partial charge >= 0.3 is 0 Å². The fourth-order valence-corrected chi connectivity index (χ4v) is 1.72. The maximum atomic E-state index is 5.50. The van der Waals surface area contributed by atoms with Crippen LogP contribution in [0.5, 0.6) is 0 Å². The Morgan fingerprint density at radius 3 is 2.67 bits per heavy atom. The van der Waals surface area contributed by atoms with Crippen LogP contribution in [0, 0.1) is 6.92 Å². The van der Waals surface area contributed by atoms with Crippen LogP contribution < -0.4 is 5.48 Å². The molecule has 1 aromatic heterocycles. The molecular formula is C15H20N2O. The number of hydroxylamine groups is 1. The average Bonchev–Trinajstić information content (AvgIpc) is 2.27. The minimum absolute atomic E-state index is 0.171. The number of hydrogen-bond acceptors (Lipinski definition) is 3. The van der Waals surface area contributed by atoms with E-state index in [1.54, 1.807) is 0 Å². The maximum absolute atomic E-state index is 5.50. The van der Waals surface area contributed by atoms with Crippen molar-refractivity contribution in [2.75, 3.05) is 0 Å². The number of fused-ring (bicyclic) bond motifs is 1. The predicted molar refractivity (Wildman–Crippen MR) is 74.2 cm³/mol. The Hall–Kier alpha value is -1.45. The number of aryl methyl sites for hydroxylation is 1. The fraction of sp³-hybridized carbons (Fsp3) is 0.400. The van der Waals surface area contributed by atoms with Crippen LogP contribution in [-0.4, -0.2) is 10.6 Å². The van der Waals surface area contributed by atoms with Crippen molar-refractivity contribution in [2.24, 2.45) is 0 Å². The van der Waals surface area contributed by atoms with Gasteiger partial charge in [-0.05, 0) is 51.5 Å². The summed E-state index contributed by atoms with van der Waals surface area (Å²) in [6.07, 6.45) is 0. The van der Waals surface area contributed by atoms with E-state index in [1.165, 1.54) is 5.56 Å². The smallest absolute Gasteiger partial charge is 0.0813 e. The molecule has 0 saturated heterocycles. The summed E-state index contributed by atoms with van der Waals surface area (Å²) < 4.78 is 0. The van der Waals surface area contributed by atoms with Crippen molar-refractivity contribution < 1.29 is 4.84 Å². The number of pyridine rings is 1. The lowest BCUT2D eigenvalue weighted by Gasteiger charge is -2.19. The zero-order valence-electron chi connectivity index (χ0n) is 11.4.